The van der Waals surface area contributed by atoms with Crippen molar-refractivity contribution in [3.8, 4) is 0 Å². The van der Waals surface area contributed by atoms with Crippen molar-refractivity contribution in [3.05, 3.63) is 63.9 Å². The Hall–Kier alpha value is -1.23. The van der Waals surface area contributed by atoms with Crippen LogP contribution in [0.1, 0.15) is 35.3 Å². The molecule has 2 unspecified atom stereocenters. The van der Waals surface area contributed by atoms with Crippen LogP contribution in [0.25, 0.3) is 0 Å². The van der Waals surface area contributed by atoms with E-state index in [-0.39, 0.29) is 12.1 Å². The van der Waals surface area contributed by atoms with Crippen molar-refractivity contribution in [2.24, 2.45) is 0 Å². The first kappa shape index (κ1) is 14.7. The molecule has 1 aliphatic rings. The number of aromatic nitrogens is 1. The molecule has 0 saturated heterocycles. The molecule has 0 amide bonds. The Morgan fingerprint density at radius 2 is 2.24 bits per heavy atom. The molecule has 2 atom stereocenters. The molecule has 0 saturated carbocycles. The second-order valence-corrected chi connectivity index (χ2v) is 6.24. The van der Waals surface area contributed by atoms with Crippen LogP contribution in [0, 0.1) is 0 Å². The molecule has 4 heteroatoms. The Balaban J connectivity index is 1.82. The van der Waals surface area contributed by atoms with E-state index in [9.17, 15) is 0 Å². The number of pyridine rings is 1. The molecule has 21 heavy (non-hydrogen) atoms. The first-order valence-electron chi connectivity index (χ1n) is 7.25. The van der Waals surface area contributed by atoms with Gasteiger partial charge in [0.15, 0.2) is 0 Å². The smallest absolute Gasteiger partial charge is 0.0845 e. The van der Waals surface area contributed by atoms with Gasteiger partial charge in [0, 0.05) is 22.9 Å². The lowest BCUT2D eigenvalue weighted by molar-refractivity contribution is 0.0298. The van der Waals surface area contributed by atoms with E-state index in [4.69, 9.17) is 4.74 Å². The number of rotatable bonds is 4. The minimum atomic E-state index is 0.145. The van der Waals surface area contributed by atoms with E-state index in [2.05, 4.69) is 56.6 Å². The van der Waals surface area contributed by atoms with Gasteiger partial charge in [-0.25, -0.2) is 0 Å². The maximum atomic E-state index is 6.02. The van der Waals surface area contributed by atoms with Gasteiger partial charge in [-0.1, -0.05) is 24.3 Å². The minimum absolute atomic E-state index is 0.145. The van der Waals surface area contributed by atoms with E-state index in [0.29, 0.717) is 0 Å². The molecule has 0 bridgehead atoms. The van der Waals surface area contributed by atoms with E-state index < -0.39 is 0 Å². The SMILES string of the molecule is CNC(CC1OCCc2ccccc21)c1cncc(Br)c1. The predicted molar refractivity (Wildman–Crippen MR) is 87.2 cm³/mol. The third kappa shape index (κ3) is 3.34. The average Bonchev–Trinajstić information content (AvgIpc) is 2.52. The van der Waals surface area contributed by atoms with E-state index in [1.54, 1.807) is 0 Å². The van der Waals surface area contributed by atoms with Crippen LogP contribution in [0.15, 0.2) is 47.2 Å². The third-order valence-corrected chi connectivity index (χ3v) is 4.45. The molecule has 1 aromatic carbocycles. The summed E-state index contributed by atoms with van der Waals surface area (Å²) in [5, 5.41) is 3.38. The van der Waals surface area contributed by atoms with Crippen molar-refractivity contribution in [1.29, 1.82) is 0 Å². The number of hydrogen-bond donors (Lipinski definition) is 1. The summed E-state index contributed by atoms with van der Waals surface area (Å²) in [5.74, 6) is 0. The largest absolute Gasteiger partial charge is 0.373 e. The molecule has 0 aliphatic carbocycles. The number of nitrogens with zero attached hydrogens (tertiary/aromatic N) is 1. The van der Waals surface area contributed by atoms with Crippen molar-refractivity contribution in [2.45, 2.75) is 25.0 Å². The highest BCUT2D eigenvalue weighted by molar-refractivity contribution is 9.10. The topological polar surface area (TPSA) is 34.1 Å². The van der Waals surface area contributed by atoms with Gasteiger partial charge in [0.25, 0.3) is 0 Å². The van der Waals surface area contributed by atoms with Gasteiger partial charge in [-0.05, 0) is 58.6 Å². The fourth-order valence-electron chi connectivity index (χ4n) is 2.93. The van der Waals surface area contributed by atoms with Crippen molar-refractivity contribution >= 4 is 15.9 Å². The van der Waals surface area contributed by atoms with Gasteiger partial charge in [-0.15, -0.1) is 0 Å². The average molecular weight is 347 g/mol. The lowest BCUT2D eigenvalue weighted by atomic mass is 9.92. The van der Waals surface area contributed by atoms with Crippen LogP contribution in [0.5, 0.6) is 0 Å². The molecule has 110 valence electrons. The van der Waals surface area contributed by atoms with Gasteiger partial charge in [0.1, 0.15) is 0 Å². The van der Waals surface area contributed by atoms with Gasteiger partial charge in [0.2, 0.25) is 0 Å². The van der Waals surface area contributed by atoms with Gasteiger partial charge >= 0.3 is 0 Å². The van der Waals surface area contributed by atoms with E-state index >= 15 is 0 Å². The van der Waals surface area contributed by atoms with E-state index in [1.807, 2.05) is 19.4 Å². The van der Waals surface area contributed by atoms with Crippen LogP contribution >= 0.6 is 15.9 Å². The number of hydrogen-bond acceptors (Lipinski definition) is 3. The molecule has 0 fully saturated rings. The van der Waals surface area contributed by atoms with Crippen LogP contribution < -0.4 is 5.32 Å². The summed E-state index contributed by atoms with van der Waals surface area (Å²) < 4.78 is 7.02. The molecule has 0 spiro atoms. The van der Waals surface area contributed by atoms with Gasteiger partial charge < -0.3 is 10.1 Å². The normalized spacial score (nSPS) is 19.0. The highest BCUT2D eigenvalue weighted by atomic mass is 79.9. The van der Waals surface area contributed by atoms with Gasteiger partial charge in [-0.3, -0.25) is 4.98 Å². The molecule has 3 rings (SSSR count). The number of benzene rings is 1. The summed E-state index contributed by atoms with van der Waals surface area (Å²) in [6.07, 6.45) is 5.79. The summed E-state index contributed by atoms with van der Waals surface area (Å²) >= 11 is 3.49. The lowest BCUT2D eigenvalue weighted by Crippen LogP contribution is -2.24. The minimum Gasteiger partial charge on any atom is -0.373 e. The summed E-state index contributed by atoms with van der Waals surface area (Å²) in [4.78, 5) is 4.26. The Bertz CT molecular complexity index is 617. The van der Waals surface area contributed by atoms with Crippen molar-refractivity contribution < 1.29 is 4.74 Å². The van der Waals surface area contributed by atoms with Crippen molar-refractivity contribution in [1.82, 2.24) is 10.3 Å². The lowest BCUT2D eigenvalue weighted by Gasteiger charge is -2.29. The summed E-state index contributed by atoms with van der Waals surface area (Å²) in [5.41, 5.74) is 3.92. The zero-order chi connectivity index (χ0) is 14.7. The second-order valence-electron chi connectivity index (χ2n) is 5.32. The number of halogens is 1. The second kappa shape index (κ2) is 6.69. The molecule has 0 radical (unpaired) electrons. The van der Waals surface area contributed by atoms with Crippen LogP contribution in [0.3, 0.4) is 0 Å². The highest BCUT2D eigenvalue weighted by Gasteiger charge is 2.24. The van der Waals surface area contributed by atoms with Gasteiger partial charge in [0.05, 0.1) is 12.7 Å². The van der Waals surface area contributed by atoms with Crippen molar-refractivity contribution in [3.63, 3.8) is 0 Å². The monoisotopic (exact) mass is 346 g/mol. The Kier molecular flexibility index (Phi) is 4.68. The molecule has 1 N–H and O–H groups in total. The van der Waals surface area contributed by atoms with E-state index in [0.717, 1.165) is 23.9 Å². The predicted octanol–water partition coefficient (Wildman–Crippen LogP) is 3.81. The Morgan fingerprint density at radius 3 is 3.05 bits per heavy atom. The molecule has 1 aromatic heterocycles. The standard InChI is InChI=1S/C17H19BrN2O/c1-19-16(13-8-14(18)11-20-10-13)9-17-15-5-3-2-4-12(15)6-7-21-17/h2-5,8,10-11,16-17,19H,6-7,9H2,1H3. The van der Waals surface area contributed by atoms with Crippen LogP contribution in [0.4, 0.5) is 0 Å². The summed E-state index contributed by atoms with van der Waals surface area (Å²) in [7, 11) is 1.99. The van der Waals surface area contributed by atoms with E-state index in [1.165, 1.54) is 16.7 Å². The number of nitrogens with one attached hydrogen (secondary N) is 1. The van der Waals surface area contributed by atoms with Crippen LogP contribution in [-0.4, -0.2) is 18.6 Å². The molecular weight excluding hydrogens is 328 g/mol. The quantitative estimate of drug-likeness (QED) is 0.913. The zero-order valence-corrected chi connectivity index (χ0v) is 13.6. The number of fused-ring (bicyclic) bond motifs is 1. The van der Waals surface area contributed by atoms with Crippen molar-refractivity contribution in [2.75, 3.05) is 13.7 Å². The Morgan fingerprint density at radius 1 is 1.38 bits per heavy atom. The molecular formula is C17H19BrN2O. The van der Waals surface area contributed by atoms with Crippen LogP contribution in [-0.2, 0) is 11.2 Å². The third-order valence-electron chi connectivity index (χ3n) is 4.02. The fourth-order valence-corrected chi connectivity index (χ4v) is 3.31. The molecule has 2 aromatic rings. The first-order valence-corrected chi connectivity index (χ1v) is 8.04. The fraction of sp³-hybridized carbons (Fsp3) is 0.353. The maximum absolute atomic E-state index is 6.02. The molecule has 1 aliphatic heterocycles. The van der Waals surface area contributed by atoms with Gasteiger partial charge in [-0.2, -0.15) is 0 Å². The molecule has 3 nitrogen and oxygen atoms in total. The maximum Gasteiger partial charge on any atom is 0.0845 e. The first-order chi connectivity index (χ1) is 10.3. The summed E-state index contributed by atoms with van der Waals surface area (Å²) in [6.45, 7) is 0.800. The highest BCUT2D eigenvalue weighted by Crippen LogP contribution is 2.34. The Labute approximate surface area is 133 Å². The summed E-state index contributed by atoms with van der Waals surface area (Å²) in [6, 6.07) is 10.9. The molecule has 2 heterocycles. The number of ether oxygens (including phenoxy) is 1. The zero-order valence-electron chi connectivity index (χ0n) is 12.1. The van der Waals surface area contributed by atoms with Crippen LogP contribution in [0.2, 0.25) is 0 Å².